The Morgan fingerprint density at radius 2 is 2.16 bits per heavy atom. The predicted molar refractivity (Wildman–Crippen MR) is 81.0 cm³/mol. The zero-order valence-electron chi connectivity index (χ0n) is 11.8. The average molecular weight is 304 g/mol. The SMILES string of the molecule is CCc1nn(CC)c(CNCC2CCC(Cl)C2)c1Cl. The first-order valence-corrected chi connectivity index (χ1v) is 8.05. The Hall–Kier alpha value is -0.250. The molecule has 3 nitrogen and oxygen atoms in total. The van der Waals surface area contributed by atoms with Crippen LogP contribution in [0.1, 0.15) is 44.5 Å². The fourth-order valence-corrected chi connectivity index (χ4v) is 3.49. The van der Waals surface area contributed by atoms with Crippen LogP contribution in [0.5, 0.6) is 0 Å². The molecule has 0 spiro atoms. The van der Waals surface area contributed by atoms with Crippen molar-refractivity contribution in [3.63, 3.8) is 0 Å². The van der Waals surface area contributed by atoms with Gasteiger partial charge in [0.25, 0.3) is 0 Å². The average Bonchev–Trinajstić information content (AvgIpc) is 2.94. The molecule has 1 aliphatic rings. The summed E-state index contributed by atoms with van der Waals surface area (Å²) in [5.41, 5.74) is 2.11. The molecule has 0 aliphatic heterocycles. The van der Waals surface area contributed by atoms with Crippen molar-refractivity contribution in [2.24, 2.45) is 5.92 Å². The number of alkyl halides is 1. The first-order valence-electron chi connectivity index (χ1n) is 7.24. The summed E-state index contributed by atoms with van der Waals surface area (Å²) < 4.78 is 2.01. The maximum atomic E-state index is 6.38. The second-order valence-corrected chi connectivity index (χ2v) is 6.28. The highest BCUT2D eigenvalue weighted by atomic mass is 35.5. The molecule has 2 unspecified atom stereocenters. The zero-order valence-corrected chi connectivity index (χ0v) is 13.3. The summed E-state index contributed by atoms with van der Waals surface area (Å²) in [6.45, 7) is 6.87. The van der Waals surface area contributed by atoms with Crippen LogP contribution in [0.15, 0.2) is 0 Å². The molecule has 19 heavy (non-hydrogen) atoms. The van der Waals surface area contributed by atoms with Gasteiger partial charge in [-0.15, -0.1) is 11.6 Å². The van der Waals surface area contributed by atoms with E-state index in [0.29, 0.717) is 11.3 Å². The molecular formula is C14H23Cl2N3. The van der Waals surface area contributed by atoms with Gasteiger partial charge >= 0.3 is 0 Å². The van der Waals surface area contributed by atoms with Crippen LogP contribution in [-0.4, -0.2) is 21.7 Å². The second kappa shape index (κ2) is 6.96. The number of hydrogen-bond acceptors (Lipinski definition) is 2. The van der Waals surface area contributed by atoms with E-state index < -0.39 is 0 Å². The molecule has 2 rings (SSSR count). The van der Waals surface area contributed by atoms with Crippen LogP contribution < -0.4 is 5.32 Å². The van der Waals surface area contributed by atoms with Gasteiger partial charge in [-0.3, -0.25) is 4.68 Å². The highest BCUT2D eigenvalue weighted by Gasteiger charge is 2.22. The molecule has 5 heteroatoms. The maximum Gasteiger partial charge on any atom is 0.0863 e. The van der Waals surface area contributed by atoms with Gasteiger partial charge in [0.1, 0.15) is 0 Å². The van der Waals surface area contributed by atoms with E-state index in [1.54, 1.807) is 0 Å². The Morgan fingerprint density at radius 1 is 1.37 bits per heavy atom. The number of aryl methyl sites for hydroxylation is 2. The minimum atomic E-state index is 0.378. The fraction of sp³-hybridized carbons (Fsp3) is 0.786. The quantitative estimate of drug-likeness (QED) is 0.814. The standard InChI is InChI=1S/C14H23Cl2N3/c1-3-12-14(16)13(19(4-2)18-12)9-17-8-10-5-6-11(15)7-10/h10-11,17H,3-9H2,1-2H3. The highest BCUT2D eigenvalue weighted by Crippen LogP contribution is 2.29. The lowest BCUT2D eigenvalue weighted by Crippen LogP contribution is -2.23. The Bertz CT molecular complexity index is 417. The number of nitrogens with one attached hydrogen (secondary N) is 1. The summed E-state index contributed by atoms with van der Waals surface area (Å²) in [5, 5.41) is 9.26. The Kier molecular flexibility index (Phi) is 5.55. The van der Waals surface area contributed by atoms with Crippen LogP contribution in [0.25, 0.3) is 0 Å². The largest absolute Gasteiger partial charge is 0.311 e. The summed E-state index contributed by atoms with van der Waals surface area (Å²) in [6.07, 6.45) is 4.41. The second-order valence-electron chi connectivity index (χ2n) is 5.28. The molecule has 0 saturated heterocycles. The van der Waals surface area contributed by atoms with Crippen molar-refractivity contribution < 1.29 is 0 Å². The number of hydrogen-bond donors (Lipinski definition) is 1. The molecule has 2 atom stereocenters. The summed E-state index contributed by atoms with van der Waals surface area (Å²) >= 11 is 12.5. The summed E-state index contributed by atoms with van der Waals surface area (Å²) in [6, 6.07) is 0. The van der Waals surface area contributed by atoms with Gasteiger partial charge in [-0.05, 0) is 45.1 Å². The first-order chi connectivity index (χ1) is 9.15. The minimum absolute atomic E-state index is 0.378. The molecular weight excluding hydrogens is 281 g/mol. The van der Waals surface area contributed by atoms with Crippen molar-refractivity contribution in [3.8, 4) is 0 Å². The van der Waals surface area contributed by atoms with E-state index in [4.69, 9.17) is 23.2 Å². The molecule has 1 N–H and O–H groups in total. The van der Waals surface area contributed by atoms with Gasteiger partial charge in [0.15, 0.2) is 0 Å². The minimum Gasteiger partial charge on any atom is -0.311 e. The van der Waals surface area contributed by atoms with Gasteiger partial charge in [-0.25, -0.2) is 0 Å². The van der Waals surface area contributed by atoms with Crippen LogP contribution in [0.4, 0.5) is 0 Å². The fourth-order valence-electron chi connectivity index (χ4n) is 2.78. The number of aromatic nitrogens is 2. The van der Waals surface area contributed by atoms with Crippen molar-refractivity contribution in [1.29, 1.82) is 0 Å². The van der Waals surface area contributed by atoms with Crippen molar-refractivity contribution in [3.05, 3.63) is 16.4 Å². The molecule has 108 valence electrons. The number of nitrogens with zero attached hydrogens (tertiary/aromatic N) is 2. The Labute approximate surface area is 125 Å². The third kappa shape index (κ3) is 3.65. The van der Waals surface area contributed by atoms with Crippen LogP contribution in [-0.2, 0) is 19.5 Å². The number of halogens is 2. The van der Waals surface area contributed by atoms with Crippen LogP contribution in [0.3, 0.4) is 0 Å². The summed E-state index contributed by atoms with van der Waals surface area (Å²) in [4.78, 5) is 0. The third-order valence-corrected chi connectivity index (χ3v) is 4.73. The lowest BCUT2D eigenvalue weighted by Gasteiger charge is -2.11. The topological polar surface area (TPSA) is 29.9 Å². The van der Waals surface area contributed by atoms with E-state index in [0.717, 1.165) is 55.3 Å². The van der Waals surface area contributed by atoms with Gasteiger partial charge in [-0.2, -0.15) is 5.10 Å². The molecule has 1 saturated carbocycles. The van der Waals surface area contributed by atoms with Gasteiger partial charge in [0.2, 0.25) is 0 Å². The van der Waals surface area contributed by atoms with Crippen molar-refractivity contribution >= 4 is 23.2 Å². The van der Waals surface area contributed by atoms with Gasteiger partial charge < -0.3 is 5.32 Å². The monoisotopic (exact) mass is 303 g/mol. The molecule has 1 aromatic rings. The van der Waals surface area contributed by atoms with Gasteiger partial charge in [0, 0.05) is 18.5 Å². The molecule has 0 aromatic carbocycles. The Morgan fingerprint density at radius 3 is 2.74 bits per heavy atom. The molecule has 1 fully saturated rings. The maximum absolute atomic E-state index is 6.38. The van der Waals surface area contributed by atoms with Crippen LogP contribution in [0, 0.1) is 5.92 Å². The summed E-state index contributed by atoms with van der Waals surface area (Å²) in [5.74, 6) is 0.713. The van der Waals surface area contributed by atoms with Gasteiger partial charge in [0.05, 0.1) is 16.4 Å². The van der Waals surface area contributed by atoms with Gasteiger partial charge in [-0.1, -0.05) is 18.5 Å². The van der Waals surface area contributed by atoms with Crippen molar-refractivity contribution in [2.45, 2.75) is 58.0 Å². The van der Waals surface area contributed by atoms with Crippen LogP contribution >= 0.6 is 23.2 Å². The van der Waals surface area contributed by atoms with E-state index >= 15 is 0 Å². The molecule has 0 radical (unpaired) electrons. The zero-order chi connectivity index (χ0) is 13.8. The van der Waals surface area contributed by atoms with Crippen molar-refractivity contribution in [2.75, 3.05) is 6.54 Å². The Balaban J connectivity index is 1.90. The highest BCUT2D eigenvalue weighted by molar-refractivity contribution is 6.31. The molecule has 1 aromatic heterocycles. The lowest BCUT2D eigenvalue weighted by atomic mass is 10.1. The van der Waals surface area contributed by atoms with Crippen LogP contribution in [0.2, 0.25) is 5.02 Å². The lowest BCUT2D eigenvalue weighted by molar-refractivity contribution is 0.478. The van der Waals surface area contributed by atoms with E-state index in [9.17, 15) is 0 Å². The van der Waals surface area contributed by atoms with E-state index in [1.807, 2.05) is 4.68 Å². The van der Waals surface area contributed by atoms with E-state index in [1.165, 1.54) is 6.42 Å². The molecule has 1 heterocycles. The summed E-state index contributed by atoms with van der Waals surface area (Å²) in [7, 11) is 0. The number of rotatable bonds is 6. The third-order valence-electron chi connectivity index (χ3n) is 3.90. The molecule has 0 amide bonds. The molecule has 1 aliphatic carbocycles. The smallest absolute Gasteiger partial charge is 0.0863 e. The normalized spacial score (nSPS) is 23.2. The predicted octanol–water partition coefficient (Wildman–Crippen LogP) is 3.62. The first kappa shape index (κ1) is 15.1. The van der Waals surface area contributed by atoms with Crippen molar-refractivity contribution in [1.82, 2.24) is 15.1 Å². The van der Waals surface area contributed by atoms with E-state index in [2.05, 4.69) is 24.3 Å². The molecule has 0 bridgehead atoms. The van der Waals surface area contributed by atoms with E-state index in [-0.39, 0.29) is 0 Å².